The molecule has 2 rings (SSSR count). The van der Waals surface area contributed by atoms with Gasteiger partial charge in [-0.25, -0.2) is 0 Å². The molecule has 0 aliphatic heterocycles. The Labute approximate surface area is 153 Å². The van der Waals surface area contributed by atoms with Crippen LogP contribution in [0.2, 0.25) is 0 Å². The van der Waals surface area contributed by atoms with Crippen LogP contribution < -0.4 is 14.8 Å². The number of para-hydroxylation sites is 1. The van der Waals surface area contributed by atoms with Gasteiger partial charge >= 0.3 is 6.18 Å². The van der Waals surface area contributed by atoms with Gasteiger partial charge in [-0.1, -0.05) is 34.1 Å². The third-order valence-corrected chi connectivity index (χ3v) is 4.41. The van der Waals surface area contributed by atoms with E-state index in [0.29, 0.717) is 30.8 Å². The maximum absolute atomic E-state index is 13.1. The minimum Gasteiger partial charge on any atom is -0.496 e. The highest BCUT2D eigenvalue weighted by Gasteiger charge is 2.33. The lowest BCUT2D eigenvalue weighted by Gasteiger charge is -2.15. The molecule has 2 aromatic rings. The Morgan fingerprint density at radius 3 is 2.32 bits per heavy atom. The molecule has 1 N–H and O–H groups in total. The Kier molecular flexibility index (Phi) is 6.72. The van der Waals surface area contributed by atoms with Gasteiger partial charge in [0, 0.05) is 16.6 Å². The molecule has 0 radical (unpaired) electrons. The maximum atomic E-state index is 13.1. The van der Waals surface area contributed by atoms with Gasteiger partial charge < -0.3 is 14.8 Å². The zero-order valence-electron chi connectivity index (χ0n) is 13.9. The van der Waals surface area contributed by atoms with Gasteiger partial charge in [-0.3, -0.25) is 0 Å². The number of nitrogens with one attached hydrogen (secondary N) is 1. The van der Waals surface area contributed by atoms with Crippen molar-refractivity contribution < 1.29 is 22.6 Å². The molecule has 0 bridgehead atoms. The Balaban J connectivity index is 2.05. The van der Waals surface area contributed by atoms with E-state index in [2.05, 4.69) is 21.2 Å². The smallest absolute Gasteiger partial charge is 0.417 e. The summed E-state index contributed by atoms with van der Waals surface area (Å²) in [5, 5.41) is 3.22. The lowest BCUT2D eigenvalue weighted by molar-refractivity contribution is -0.138. The normalized spacial score (nSPS) is 11.4. The fourth-order valence-electron chi connectivity index (χ4n) is 2.50. The zero-order valence-corrected chi connectivity index (χ0v) is 15.5. The lowest BCUT2D eigenvalue weighted by Crippen LogP contribution is -2.18. The Bertz CT molecular complexity index is 720. The third kappa shape index (κ3) is 5.12. The standard InChI is InChI=1S/C18H19BrF3NO2/c1-24-16-6-4-3-5-13(16)11-23-8-7-12-9-14(18(20,21)22)15(19)10-17(12)25-2/h3-6,9-10,23H,7-8,11H2,1-2H3. The van der Waals surface area contributed by atoms with Gasteiger partial charge in [-0.2, -0.15) is 13.2 Å². The first kappa shape index (κ1) is 19.6. The molecule has 0 aromatic heterocycles. The van der Waals surface area contributed by atoms with Crippen LogP contribution in [0.4, 0.5) is 13.2 Å². The van der Waals surface area contributed by atoms with E-state index in [0.717, 1.165) is 17.4 Å². The predicted molar refractivity (Wildman–Crippen MR) is 94.1 cm³/mol. The number of rotatable bonds is 7. The van der Waals surface area contributed by atoms with Gasteiger partial charge in [0.25, 0.3) is 0 Å². The first-order valence-corrected chi connectivity index (χ1v) is 8.42. The molecule has 0 aliphatic carbocycles. The highest BCUT2D eigenvalue weighted by molar-refractivity contribution is 9.10. The molecule has 7 heteroatoms. The highest BCUT2D eigenvalue weighted by atomic mass is 79.9. The van der Waals surface area contributed by atoms with E-state index in [-0.39, 0.29) is 4.47 Å². The van der Waals surface area contributed by atoms with Crippen LogP contribution in [0.3, 0.4) is 0 Å². The van der Waals surface area contributed by atoms with E-state index in [1.807, 2.05) is 24.3 Å². The van der Waals surface area contributed by atoms with E-state index < -0.39 is 11.7 Å². The number of halogens is 4. The van der Waals surface area contributed by atoms with Crippen LogP contribution in [0.25, 0.3) is 0 Å². The van der Waals surface area contributed by atoms with Crippen LogP contribution in [0.15, 0.2) is 40.9 Å². The van der Waals surface area contributed by atoms with Crippen LogP contribution in [-0.2, 0) is 19.1 Å². The number of benzene rings is 2. The molecular formula is C18H19BrF3NO2. The molecule has 0 spiro atoms. The summed E-state index contributed by atoms with van der Waals surface area (Å²) < 4.78 is 49.6. The summed E-state index contributed by atoms with van der Waals surface area (Å²) in [6.07, 6.45) is -4.00. The fourth-order valence-corrected chi connectivity index (χ4v) is 3.04. The van der Waals surface area contributed by atoms with E-state index in [4.69, 9.17) is 9.47 Å². The van der Waals surface area contributed by atoms with Crippen LogP contribution in [-0.4, -0.2) is 20.8 Å². The molecule has 0 amide bonds. The number of methoxy groups -OCH3 is 2. The average Bonchev–Trinajstić information content (AvgIpc) is 2.58. The average molecular weight is 418 g/mol. The molecule has 0 heterocycles. The number of hydrogen-bond acceptors (Lipinski definition) is 3. The quantitative estimate of drug-likeness (QED) is 0.655. The molecule has 0 unspecified atom stereocenters. The van der Waals surface area contributed by atoms with Crippen molar-refractivity contribution in [1.82, 2.24) is 5.32 Å². The van der Waals surface area contributed by atoms with Crippen molar-refractivity contribution in [2.24, 2.45) is 0 Å². The molecule has 0 atom stereocenters. The molecular weight excluding hydrogens is 399 g/mol. The van der Waals surface area contributed by atoms with Crippen LogP contribution in [0, 0.1) is 0 Å². The van der Waals surface area contributed by atoms with Crippen molar-refractivity contribution in [3.8, 4) is 11.5 Å². The summed E-state index contributed by atoms with van der Waals surface area (Å²) in [6.45, 7) is 1.07. The van der Waals surface area contributed by atoms with Crippen LogP contribution in [0.1, 0.15) is 16.7 Å². The number of alkyl halides is 3. The summed E-state index contributed by atoms with van der Waals surface area (Å²) in [7, 11) is 3.05. The molecule has 2 aromatic carbocycles. The van der Waals surface area contributed by atoms with Crippen molar-refractivity contribution in [2.45, 2.75) is 19.1 Å². The minimum absolute atomic E-state index is 0.0254. The summed E-state index contributed by atoms with van der Waals surface area (Å²) in [5.74, 6) is 1.20. The summed E-state index contributed by atoms with van der Waals surface area (Å²) in [6, 6.07) is 10.1. The lowest BCUT2D eigenvalue weighted by atomic mass is 10.1. The van der Waals surface area contributed by atoms with Gasteiger partial charge in [-0.15, -0.1) is 0 Å². The Morgan fingerprint density at radius 2 is 1.68 bits per heavy atom. The van der Waals surface area contributed by atoms with Gasteiger partial charge in [0.05, 0.1) is 19.8 Å². The zero-order chi connectivity index (χ0) is 18.4. The first-order chi connectivity index (χ1) is 11.9. The SMILES string of the molecule is COc1cc(Br)c(C(F)(F)F)cc1CCNCc1ccccc1OC. The molecule has 0 saturated heterocycles. The van der Waals surface area contributed by atoms with Crippen molar-refractivity contribution >= 4 is 15.9 Å². The van der Waals surface area contributed by atoms with Gasteiger partial charge in [0.15, 0.2) is 0 Å². The molecule has 0 aliphatic rings. The van der Waals surface area contributed by atoms with Crippen LogP contribution in [0.5, 0.6) is 11.5 Å². The monoisotopic (exact) mass is 417 g/mol. The Hall–Kier alpha value is -1.73. The second-order valence-corrected chi connectivity index (χ2v) is 6.23. The van der Waals surface area contributed by atoms with E-state index in [1.54, 1.807) is 7.11 Å². The first-order valence-electron chi connectivity index (χ1n) is 7.63. The van der Waals surface area contributed by atoms with Gasteiger partial charge in [0.1, 0.15) is 11.5 Å². The van der Waals surface area contributed by atoms with Crippen molar-refractivity contribution in [3.63, 3.8) is 0 Å². The molecule has 3 nitrogen and oxygen atoms in total. The topological polar surface area (TPSA) is 30.5 Å². The Morgan fingerprint density at radius 1 is 1.00 bits per heavy atom. The van der Waals surface area contributed by atoms with Crippen molar-refractivity contribution in [1.29, 1.82) is 0 Å². The van der Waals surface area contributed by atoms with Crippen molar-refractivity contribution in [3.05, 3.63) is 57.6 Å². The fraction of sp³-hybridized carbons (Fsp3) is 0.333. The minimum atomic E-state index is -4.41. The molecule has 136 valence electrons. The van der Waals surface area contributed by atoms with Gasteiger partial charge in [0.2, 0.25) is 0 Å². The molecule has 0 fully saturated rings. The highest BCUT2D eigenvalue weighted by Crippen LogP contribution is 2.38. The summed E-state index contributed by atoms with van der Waals surface area (Å²) >= 11 is 2.96. The largest absolute Gasteiger partial charge is 0.496 e. The second-order valence-electron chi connectivity index (χ2n) is 5.38. The van der Waals surface area contributed by atoms with Crippen LogP contribution >= 0.6 is 15.9 Å². The van der Waals surface area contributed by atoms with E-state index in [9.17, 15) is 13.2 Å². The van der Waals surface area contributed by atoms with Gasteiger partial charge in [-0.05, 0) is 36.7 Å². The van der Waals surface area contributed by atoms with Crippen molar-refractivity contribution in [2.75, 3.05) is 20.8 Å². The molecule has 25 heavy (non-hydrogen) atoms. The van der Waals surface area contributed by atoms with E-state index >= 15 is 0 Å². The number of hydrogen-bond donors (Lipinski definition) is 1. The predicted octanol–water partition coefficient (Wildman–Crippen LogP) is 4.82. The maximum Gasteiger partial charge on any atom is 0.417 e. The number of ether oxygens (including phenoxy) is 2. The van der Waals surface area contributed by atoms with E-state index in [1.165, 1.54) is 13.2 Å². The summed E-state index contributed by atoms with van der Waals surface area (Å²) in [4.78, 5) is 0. The second kappa shape index (κ2) is 8.58. The third-order valence-electron chi connectivity index (χ3n) is 3.75. The molecule has 0 saturated carbocycles. The summed E-state index contributed by atoms with van der Waals surface area (Å²) in [5.41, 5.74) is 0.794.